The standard InChI is InChI=1S/C17H19NO5S/c1-9-7-12(22-3)13(23-4)8-11(9)10(2)18-16(19)14-5-6-15(24-14)17(20)21/h5-8,10H,1-4H3,(H,18,19)(H,20,21). The van der Waals surface area contributed by atoms with Crippen LogP contribution in [0.5, 0.6) is 11.5 Å². The number of carbonyl (C=O) groups excluding carboxylic acids is 1. The highest BCUT2D eigenvalue weighted by molar-refractivity contribution is 7.15. The molecule has 1 atom stereocenters. The van der Waals surface area contributed by atoms with Gasteiger partial charge in [-0.1, -0.05) is 0 Å². The summed E-state index contributed by atoms with van der Waals surface area (Å²) in [5.41, 5.74) is 1.86. The lowest BCUT2D eigenvalue weighted by molar-refractivity contribution is 0.0702. The van der Waals surface area contributed by atoms with Gasteiger partial charge in [-0.05, 0) is 49.2 Å². The molecule has 0 saturated heterocycles. The van der Waals surface area contributed by atoms with Gasteiger partial charge in [0.1, 0.15) is 4.88 Å². The van der Waals surface area contributed by atoms with E-state index >= 15 is 0 Å². The summed E-state index contributed by atoms with van der Waals surface area (Å²) in [6, 6.07) is 6.35. The fourth-order valence-corrected chi connectivity index (χ4v) is 3.13. The maximum absolute atomic E-state index is 12.3. The first-order valence-corrected chi connectivity index (χ1v) is 8.05. The van der Waals surface area contributed by atoms with Gasteiger partial charge in [0.25, 0.3) is 5.91 Å². The second-order valence-corrected chi connectivity index (χ2v) is 6.31. The molecular formula is C17H19NO5S. The first-order valence-electron chi connectivity index (χ1n) is 7.23. The molecule has 1 heterocycles. The number of hydrogen-bond donors (Lipinski definition) is 2. The normalized spacial score (nSPS) is 11.7. The molecule has 1 unspecified atom stereocenters. The molecule has 0 aliphatic heterocycles. The van der Waals surface area contributed by atoms with Crippen molar-refractivity contribution in [2.24, 2.45) is 0 Å². The third kappa shape index (κ3) is 3.68. The molecule has 0 saturated carbocycles. The Kier molecular flexibility index (Phi) is 5.46. The van der Waals surface area contributed by atoms with Crippen molar-refractivity contribution in [1.82, 2.24) is 5.32 Å². The van der Waals surface area contributed by atoms with Crippen molar-refractivity contribution in [1.29, 1.82) is 0 Å². The Morgan fingerprint density at radius 1 is 1.12 bits per heavy atom. The zero-order chi connectivity index (χ0) is 17.9. The van der Waals surface area contributed by atoms with Gasteiger partial charge in [0.05, 0.1) is 25.1 Å². The monoisotopic (exact) mass is 349 g/mol. The van der Waals surface area contributed by atoms with Crippen LogP contribution in [-0.4, -0.2) is 31.2 Å². The Bertz CT molecular complexity index is 768. The van der Waals surface area contributed by atoms with Gasteiger partial charge in [-0.25, -0.2) is 4.79 Å². The van der Waals surface area contributed by atoms with Crippen LogP contribution in [-0.2, 0) is 0 Å². The highest BCUT2D eigenvalue weighted by Gasteiger charge is 2.18. The van der Waals surface area contributed by atoms with Crippen LogP contribution in [0.25, 0.3) is 0 Å². The van der Waals surface area contributed by atoms with Crippen LogP contribution in [0.2, 0.25) is 0 Å². The minimum absolute atomic E-state index is 0.134. The lowest BCUT2D eigenvalue weighted by Gasteiger charge is -2.19. The Hall–Kier alpha value is -2.54. The van der Waals surface area contributed by atoms with Crippen molar-refractivity contribution in [3.63, 3.8) is 0 Å². The van der Waals surface area contributed by atoms with Crippen molar-refractivity contribution in [3.05, 3.63) is 45.1 Å². The first kappa shape index (κ1) is 17.8. The highest BCUT2D eigenvalue weighted by atomic mass is 32.1. The Labute approximate surface area is 144 Å². The Morgan fingerprint density at radius 2 is 1.71 bits per heavy atom. The first-order chi connectivity index (χ1) is 11.4. The van der Waals surface area contributed by atoms with E-state index in [1.165, 1.54) is 12.1 Å². The molecular weight excluding hydrogens is 330 g/mol. The zero-order valence-electron chi connectivity index (χ0n) is 13.9. The summed E-state index contributed by atoms with van der Waals surface area (Å²) in [6.45, 7) is 3.78. The van der Waals surface area contributed by atoms with E-state index in [-0.39, 0.29) is 16.8 Å². The number of aromatic carboxylic acids is 1. The smallest absolute Gasteiger partial charge is 0.345 e. The summed E-state index contributed by atoms with van der Waals surface area (Å²) in [7, 11) is 3.12. The molecule has 0 aliphatic carbocycles. The molecule has 0 bridgehead atoms. The van der Waals surface area contributed by atoms with Crippen LogP contribution >= 0.6 is 11.3 Å². The molecule has 24 heavy (non-hydrogen) atoms. The van der Waals surface area contributed by atoms with Gasteiger partial charge in [-0.3, -0.25) is 4.79 Å². The van der Waals surface area contributed by atoms with E-state index in [9.17, 15) is 9.59 Å². The van der Waals surface area contributed by atoms with E-state index in [0.717, 1.165) is 22.5 Å². The lowest BCUT2D eigenvalue weighted by Crippen LogP contribution is -2.26. The van der Waals surface area contributed by atoms with Gasteiger partial charge in [0.15, 0.2) is 11.5 Å². The molecule has 1 amide bonds. The van der Waals surface area contributed by atoms with Crippen molar-refractivity contribution in [2.45, 2.75) is 19.9 Å². The molecule has 2 N–H and O–H groups in total. The third-order valence-corrected chi connectivity index (χ3v) is 4.70. The predicted molar refractivity (Wildman–Crippen MR) is 91.4 cm³/mol. The number of aryl methyl sites for hydroxylation is 1. The minimum atomic E-state index is -1.04. The van der Waals surface area contributed by atoms with Gasteiger partial charge < -0.3 is 19.9 Å². The summed E-state index contributed by atoms with van der Waals surface area (Å²) in [4.78, 5) is 23.7. The average Bonchev–Trinajstić information content (AvgIpc) is 3.04. The van der Waals surface area contributed by atoms with Gasteiger partial charge >= 0.3 is 5.97 Å². The van der Waals surface area contributed by atoms with Gasteiger partial charge in [-0.2, -0.15) is 0 Å². The average molecular weight is 349 g/mol. The largest absolute Gasteiger partial charge is 0.493 e. The molecule has 128 valence electrons. The molecule has 7 heteroatoms. The molecule has 0 fully saturated rings. The maximum atomic E-state index is 12.3. The van der Waals surface area contributed by atoms with E-state index in [1.54, 1.807) is 14.2 Å². The van der Waals surface area contributed by atoms with Crippen LogP contribution in [0.3, 0.4) is 0 Å². The fourth-order valence-electron chi connectivity index (χ4n) is 2.38. The van der Waals surface area contributed by atoms with Gasteiger partial charge in [0.2, 0.25) is 0 Å². The number of amides is 1. The molecule has 6 nitrogen and oxygen atoms in total. The molecule has 1 aromatic heterocycles. The van der Waals surface area contributed by atoms with Crippen LogP contribution in [0.4, 0.5) is 0 Å². The molecule has 2 rings (SSSR count). The van der Waals surface area contributed by atoms with E-state index in [0.29, 0.717) is 16.4 Å². The molecule has 2 aromatic rings. The SMILES string of the molecule is COc1cc(C)c(C(C)NC(=O)c2ccc(C(=O)O)s2)cc1OC. The molecule has 0 radical (unpaired) electrons. The second-order valence-electron chi connectivity index (χ2n) is 5.23. The number of nitrogens with one attached hydrogen (secondary N) is 1. The number of ether oxygens (including phenoxy) is 2. The van der Waals surface area contributed by atoms with E-state index < -0.39 is 5.97 Å². The van der Waals surface area contributed by atoms with Crippen LogP contribution in [0, 0.1) is 6.92 Å². The molecule has 0 aliphatic rings. The second kappa shape index (κ2) is 7.35. The van der Waals surface area contributed by atoms with Crippen molar-refractivity contribution in [3.8, 4) is 11.5 Å². The summed E-state index contributed by atoms with van der Waals surface area (Å²) in [5, 5.41) is 11.8. The maximum Gasteiger partial charge on any atom is 0.345 e. The number of thiophene rings is 1. The Balaban J connectivity index is 2.20. The number of benzene rings is 1. The summed E-state index contributed by atoms with van der Waals surface area (Å²) >= 11 is 0.948. The van der Waals surface area contributed by atoms with Gasteiger partial charge in [0, 0.05) is 0 Å². The number of carbonyl (C=O) groups is 2. The summed E-state index contributed by atoms with van der Waals surface area (Å²) in [6.07, 6.45) is 0. The van der Waals surface area contributed by atoms with Gasteiger partial charge in [-0.15, -0.1) is 11.3 Å². The number of carboxylic acids is 1. The van der Waals surface area contributed by atoms with E-state index in [2.05, 4.69) is 5.32 Å². The van der Waals surface area contributed by atoms with Crippen molar-refractivity contribution >= 4 is 23.2 Å². The predicted octanol–water partition coefficient (Wildman–Crippen LogP) is 3.26. The van der Waals surface area contributed by atoms with Crippen molar-refractivity contribution in [2.75, 3.05) is 14.2 Å². The molecule has 1 aromatic carbocycles. The molecule has 0 spiro atoms. The number of rotatable bonds is 6. The van der Waals surface area contributed by atoms with E-state index in [1.807, 2.05) is 26.0 Å². The summed E-state index contributed by atoms with van der Waals surface area (Å²) in [5.74, 6) is -0.137. The van der Waals surface area contributed by atoms with Crippen LogP contribution in [0.1, 0.15) is 43.4 Å². The topological polar surface area (TPSA) is 84.9 Å². The fraction of sp³-hybridized carbons (Fsp3) is 0.294. The van der Waals surface area contributed by atoms with Crippen LogP contribution < -0.4 is 14.8 Å². The highest BCUT2D eigenvalue weighted by Crippen LogP contribution is 2.33. The lowest BCUT2D eigenvalue weighted by atomic mass is 10.0. The van der Waals surface area contributed by atoms with E-state index in [4.69, 9.17) is 14.6 Å². The number of methoxy groups -OCH3 is 2. The Morgan fingerprint density at radius 3 is 2.25 bits per heavy atom. The quantitative estimate of drug-likeness (QED) is 0.836. The third-order valence-electron chi connectivity index (χ3n) is 3.63. The van der Waals surface area contributed by atoms with Crippen molar-refractivity contribution < 1.29 is 24.2 Å². The zero-order valence-corrected chi connectivity index (χ0v) is 14.7. The number of hydrogen-bond acceptors (Lipinski definition) is 5. The van der Waals surface area contributed by atoms with Crippen LogP contribution in [0.15, 0.2) is 24.3 Å². The summed E-state index contributed by atoms with van der Waals surface area (Å²) < 4.78 is 10.6. The number of carboxylic acid groups (broad SMARTS) is 1. The minimum Gasteiger partial charge on any atom is -0.493 e.